The first-order chi connectivity index (χ1) is 12.8. The Hall–Kier alpha value is -2.31. The first kappa shape index (κ1) is 17.1. The molecule has 136 valence electrons. The number of carbonyl (C=O) groups is 1. The van der Waals surface area contributed by atoms with Crippen molar-refractivity contribution in [1.29, 1.82) is 0 Å². The van der Waals surface area contributed by atoms with Crippen molar-refractivity contribution in [3.05, 3.63) is 41.7 Å². The summed E-state index contributed by atoms with van der Waals surface area (Å²) in [5.74, 6) is 1.55. The number of Topliss-reactive ketones (excluding diaryl/α,β-unsaturated/α-hetero) is 1. The van der Waals surface area contributed by atoms with Crippen molar-refractivity contribution in [2.45, 2.75) is 19.3 Å². The molecular formula is C20H23N3O3. The maximum atomic E-state index is 12.0. The Bertz CT molecular complexity index is 770. The minimum Gasteiger partial charge on any atom is -0.492 e. The van der Waals surface area contributed by atoms with Crippen LogP contribution in [0.1, 0.15) is 28.9 Å². The lowest BCUT2D eigenvalue weighted by Crippen LogP contribution is -2.38. The largest absolute Gasteiger partial charge is 0.492 e. The Morgan fingerprint density at radius 3 is 2.73 bits per heavy atom. The highest BCUT2D eigenvalue weighted by atomic mass is 16.5. The van der Waals surface area contributed by atoms with Gasteiger partial charge in [0.15, 0.2) is 11.6 Å². The lowest BCUT2D eigenvalue weighted by molar-refractivity contribution is 0.0322. The number of hydrogen-bond donors (Lipinski definition) is 0. The van der Waals surface area contributed by atoms with Gasteiger partial charge >= 0.3 is 0 Å². The summed E-state index contributed by atoms with van der Waals surface area (Å²) in [4.78, 5) is 23.3. The van der Waals surface area contributed by atoms with Gasteiger partial charge in [-0.15, -0.1) is 0 Å². The van der Waals surface area contributed by atoms with Gasteiger partial charge in [-0.25, -0.2) is 9.97 Å². The first-order valence-electron chi connectivity index (χ1n) is 9.22. The average Bonchev–Trinajstić information content (AvgIpc) is 2.70. The second-order valence-corrected chi connectivity index (χ2v) is 6.67. The van der Waals surface area contributed by atoms with Gasteiger partial charge in [0.05, 0.1) is 13.2 Å². The van der Waals surface area contributed by atoms with E-state index in [1.807, 2.05) is 24.3 Å². The molecule has 1 aromatic heterocycles. The smallest absolute Gasteiger partial charge is 0.181 e. The first-order valence-corrected chi connectivity index (χ1v) is 9.22. The molecule has 2 heterocycles. The van der Waals surface area contributed by atoms with E-state index in [1.54, 1.807) is 6.20 Å². The van der Waals surface area contributed by atoms with Crippen LogP contribution in [0.3, 0.4) is 0 Å². The molecular weight excluding hydrogens is 330 g/mol. The molecule has 0 unspecified atom stereocenters. The summed E-state index contributed by atoms with van der Waals surface area (Å²) in [6, 6.07) is 7.75. The molecule has 4 rings (SSSR count). The van der Waals surface area contributed by atoms with Crippen LogP contribution >= 0.6 is 0 Å². The zero-order chi connectivity index (χ0) is 17.8. The van der Waals surface area contributed by atoms with Crippen molar-refractivity contribution in [2.75, 3.05) is 39.5 Å². The Kier molecular flexibility index (Phi) is 5.22. The van der Waals surface area contributed by atoms with Crippen LogP contribution in [0.5, 0.6) is 5.75 Å². The van der Waals surface area contributed by atoms with Crippen LogP contribution in [-0.2, 0) is 11.2 Å². The number of aryl methyl sites for hydroxylation is 1. The fourth-order valence-corrected chi connectivity index (χ4v) is 3.35. The van der Waals surface area contributed by atoms with Crippen molar-refractivity contribution >= 4 is 5.78 Å². The quantitative estimate of drug-likeness (QED) is 0.822. The van der Waals surface area contributed by atoms with Crippen LogP contribution in [-0.4, -0.2) is 60.1 Å². The molecule has 0 saturated carbocycles. The summed E-state index contributed by atoms with van der Waals surface area (Å²) >= 11 is 0. The van der Waals surface area contributed by atoms with E-state index in [-0.39, 0.29) is 5.78 Å². The number of morpholine rings is 1. The van der Waals surface area contributed by atoms with Gasteiger partial charge in [0, 0.05) is 37.8 Å². The Labute approximate surface area is 153 Å². The molecule has 1 aliphatic heterocycles. The van der Waals surface area contributed by atoms with E-state index in [9.17, 15) is 4.79 Å². The summed E-state index contributed by atoms with van der Waals surface area (Å²) in [6.07, 6.45) is 4.16. The number of rotatable bonds is 5. The predicted octanol–water partition coefficient (Wildman–Crippen LogP) is 2.37. The lowest BCUT2D eigenvalue weighted by Gasteiger charge is -2.26. The Morgan fingerprint density at radius 1 is 1.12 bits per heavy atom. The van der Waals surface area contributed by atoms with Crippen LogP contribution in [0.25, 0.3) is 11.4 Å². The van der Waals surface area contributed by atoms with Gasteiger partial charge in [0.25, 0.3) is 0 Å². The molecule has 2 aromatic rings. The molecule has 0 radical (unpaired) electrons. The van der Waals surface area contributed by atoms with Crippen molar-refractivity contribution < 1.29 is 14.3 Å². The second-order valence-electron chi connectivity index (χ2n) is 6.67. The number of nitrogens with zero attached hydrogens (tertiary/aromatic N) is 3. The summed E-state index contributed by atoms with van der Waals surface area (Å²) < 4.78 is 11.2. The summed E-state index contributed by atoms with van der Waals surface area (Å²) in [7, 11) is 0. The molecule has 1 saturated heterocycles. The molecule has 0 atom stereocenters. The van der Waals surface area contributed by atoms with Crippen LogP contribution in [0.15, 0.2) is 30.5 Å². The van der Waals surface area contributed by atoms with Crippen LogP contribution in [0, 0.1) is 0 Å². The van der Waals surface area contributed by atoms with E-state index in [2.05, 4.69) is 14.9 Å². The van der Waals surface area contributed by atoms with Crippen molar-refractivity contribution in [3.8, 4) is 17.1 Å². The number of aromatic nitrogens is 2. The van der Waals surface area contributed by atoms with E-state index in [4.69, 9.17) is 9.47 Å². The number of fused-ring (bicyclic) bond motifs is 1. The standard InChI is InChI=1S/C20H23N3O3/c24-18-3-1-2-16-14-21-20(22-19(16)18)15-4-6-17(7-5-15)26-13-10-23-8-11-25-12-9-23/h4-7,14H,1-3,8-13H2. The van der Waals surface area contributed by atoms with E-state index in [0.29, 0.717) is 24.5 Å². The molecule has 0 N–H and O–H groups in total. The van der Waals surface area contributed by atoms with E-state index >= 15 is 0 Å². The second kappa shape index (κ2) is 7.93. The van der Waals surface area contributed by atoms with Gasteiger partial charge in [-0.05, 0) is 42.7 Å². The maximum Gasteiger partial charge on any atom is 0.181 e. The highest BCUT2D eigenvalue weighted by Crippen LogP contribution is 2.24. The van der Waals surface area contributed by atoms with Gasteiger partial charge in [-0.3, -0.25) is 9.69 Å². The zero-order valence-electron chi connectivity index (χ0n) is 14.8. The number of benzene rings is 1. The molecule has 0 bridgehead atoms. The van der Waals surface area contributed by atoms with Crippen molar-refractivity contribution in [1.82, 2.24) is 14.9 Å². The van der Waals surface area contributed by atoms with Gasteiger partial charge in [-0.1, -0.05) is 0 Å². The third-order valence-electron chi connectivity index (χ3n) is 4.87. The molecule has 6 heteroatoms. The molecule has 1 fully saturated rings. The Morgan fingerprint density at radius 2 is 1.92 bits per heavy atom. The van der Waals surface area contributed by atoms with Crippen LogP contribution in [0.2, 0.25) is 0 Å². The molecule has 26 heavy (non-hydrogen) atoms. The predicted molar refractivity (Wildman–Crippen MR) is 97.5 cm³/mol. The van der Waals surface area contributed by atoms with Gasteiger partial charge in [-0.2, -0.15) is 0 Å². The number of ether oxygens (including phenoxy) is 2. The van der Waals surface area contributed by atoms with Gasteiger partial charge < -0.3 is 9.47 Å². The van der Waals surface area contributed by atoms with Crippen molar-refractivity contribution in [3.63, 3.8) is 0 Å². The topological polar surface area (TPSA) is 64.5 Å². The zero-order valence-corrected chi connectivity index (χ0v) is 14.8. The third-order valence-corrected chi connectivity index (χ3v) is 4.87. The third kappa shape index (κ3) is 3.92. The SMILES string of the molecule is O=C1CCCc2cnc(-c3ccc(OCCN4CCOCC4)cc3)nc21. The maximum absolute atomic E-state index is 12.0. The summed E-state index contributed by atoms with van der Waals surface area (Å²) in [6.45, 7) is 5.10. The van der Waals surface area contributed by atoms with Crippen LogP contribution in [0.4, 0.5) is 0 Å². The van der Waals surface area contributed by atoms with E-state index in [1.165, 1.54) is 0 Å². The highest BCUT2D eigenvalue weighted by molar-refractivity contribution is 5.96. The number of ketones is 1. The van der Waals surface area contributed by atoms with E-state index < -0.39 is 0 Å². The van der Waals surface area contributed by atoms with Gasteiger partial charge in [0.1, 0.15) is 18.1 Å². The molecule has 0 amide bonds. The minimum absolute atomic E-state index is 0.123. The number of carbonyl (C=O) groups excluding carboxylic acids is 1. The summed E-state index contributed by atoms with van der Waals surface area (Å²) in [5, 5.41) is 0. The lowest BCUT2D eigenvalue weighted by atomic mass is 9.96. The minimum atomic E-state index is 0.123. The summed E-state index contributed by atoms with van der Waals surface area (Å²) in [5.41, 5.74) is 2.45. The number of hydrogen-bond acceptors (Lipinski definition) is 6. The molecule has 1 aromatic carbocycles. The average molecular weight is 353 g/mol. The fraction of sp³-hybridized carbons (Fsp3) is 0.450. The van der Waals surface area contributed by atoms with Crippen LogP contribution < -0.4 is 4.74 Å². The molecule has 2 aliphatic rings. The van der Waals surface area contributed by atoms with Gasteiger partial charge in [0.2, 0.25) is 0 Å². The van der Waals surface area contributed by atoms with Crippen molar-refractivity contribution in [2.24, 2.45) is 0 Å². The highest BCUT2D eigenvalue weighted by Gasteiger charge is 2.20. The molecule has 1 aliphatic carbocycles. The Balaban J connectivity index is 1.38. The molecule has 6 nitrogen and oxygen atoms in total. The van der Waals surface area contributed by atoms with E-state index in [0.717, 1.165) is 62.6 Å². The monoisotopic (exact) mass is 353 g/mol. The molecule has 0 spiro atoms. The fourth-order valence-electron chi connectivity index (χ4n) is 3.35. The normalized spacial score (nSPS) is 17.8.